The molecule has 2 rings (SSSR count). The molecule has 70 valence electrons. The van der Waals surface area contributed by atoms with E-state index >= 15 is 0 Å². The molecule has 1 aliphatic rings. The van der Waals surface area contributed by atoms with Gasteiger partial charge in [-0.3, -0.25) is 0 Å². The van der Waals surface area contributed by atoms with Crippen LogP contribution in [0, 0.1) is 17.1 Å². The summed E-state index contributed by atoms with van der Waals surface area (Å²) in [5, 5.41) is 8.55. The monoisotopic (exact) mass is 189 g/mol. The Morgan fingerprint density at radius 3 is 3.14 bits per heavy atom. The zero-order chi connectivity index (χ0) is 9.97. The van der Waals surface area contributed by atoms with Crippen LogP contribution in [0.5, 0.6) is 5.75 Å². The van der Waals surface area contributed by atoms with Crippen LogP contribution in [-0.2, 0) is 0 Å². The third kappa shape index (κ3) is 1.47. The largest absolute Gasteiger partial charge is 0.493 e. The molecule has 14 heavy (non-hydrogen) atoms. The lowest BCUT2D eigenvalue weighted by molar-refractivity contribution is 0.316. The smallest absolute Gasteiger partial charge is 0.127 e. The van der Waals surface area contributed by atoms with Crippen molar-refractivity contribution < 1.29 is 9.13 Å². The molecule has 1 aromatic rings. The van der Waals surface area contributed by atoms with Crippen LogP contribution in [0.1, 0.15) is 12.0 Å². The van der Waals surface area contributed by atoms with Gasteiger partial charge < -0.3 is 4.74 Å². The van der Waals surface area contributed by atoms with Crippen LogP contribution in [0.15, 0.2) is 24.3 Å². The first-order chi connectivity index (χ1) is 6.81. The van der Waals surface area contributed by atoms with Crippen LogP contribution in [-0.4, -0.2) is 6.61 Å². The van der Waals surface area contributed by atoms with Gasteiger partial charge >= 0.3 is 0 Å². The van der Waals surface area contributed by atoms with Gasteiger partial charge in [0.2, 0.25) is 0 Å². The fourth-order valence-corrected chi connectivity index (χ4v) is 1.51. The Balaban J connectivity index is 2.53. The Hall–Kier alpha value is -1.82. The number of nitriles is 1. The summed E-state index contributed by atoms with van der Waals surface area (Å²) in [6.45, 7) is 0.548. The first-order valence-corrected chi connectivity index (χ1v) is 4.32. The van der Waals surface area contributed by atoms with E-state index in [1.165, 1.54) is 18.2 Å². The summed E-state index contributed by atoms with van der Waals surface area (Å²) in [4.78, 5) is 0. The van der Waals surface area contributed by atoms with E-state index in [0.717, 1.165) is 5.57 Å². The fraction of sp³-hybridized carbons (Fsp3) is 0.182. The molecule has 0 amide bonds. The molecular weight excluding hydrogens is 181 g/mol. The van der Waals surface area contributed by atoms with E-state index in [2.05, 4.69) is 0 Å². The molecule has 1 heterocycles. The highest BCUT2D eigenvalue weighted by molar-refractivity contribution is 5.73. The maximum atomic E-state index is 12.9. The van der Waals surface area contributed by atoms with E-state index in [-0.39, 0.29) is 5.82 Å². The van der Waals surface area contributed by atoms with Gasteiger partial charge in [-0.25, -0.2) is 4.39 Å². The van der Waals surface area contributed by atoms with Crippen LogP contribution < -0.4 is 4.74 Å². The van der Waals surface area contributed by atoms with Gasteiger partial charge in [-0.15, -0.1) is 0 Å². The van der Waals surface area contributed by atoms with Gasteiger partial charge in [-0.2, -0.15) is 5.26 Å². The molecule has 0 aliphatic carbocycles. The quantitative estimate of drug-likeness (QED) is 0.587. The van der Waals surface area contributed by atoms with Crippen molar-refractivity contribution in [3.05, 3.63) is 35.7 Å². The second kappa shape index (κ2) is 3.51. The van der Waals surface area contributed by atoms with Gasteiger partial charge in [0, 0.05) is 18.1 Å². The SMILES string of the molecule is N#C/C=C1/CCOc2ccc(F)cc21. The average Bonchev–Trinajstić information content (AvgIpc) is 2.19. The summed E-state index contributed by atoms with van der Waals surface area (Å²) in [5.74, 6) is 0.345. The fourth-order valence-electron chi connectivity index (χ4n) is 1.51. The van der Waals surface area contributed by atoms with Crippen LogP contribution in [0.4, 0.5) is 4.39 Å². The molecule has 0 radical (unpaired) electrons. The lowest BCUT2D eigenvalue weighted by atomic mass is 9.99. The lowest BCUT2D eigenvalue weighted by Crippen LogP contribution is -2.07. The maximum absolute atomic E-state index is 12.9. The zero-order valence-electron chi connectivity index (χ0n) is 7.46. The summed E-state index contributed by atoms with van der Waals surface area (Å²) >= 11 is 0. The van der Waals surface area contributed by atoms with Crippen molar-refractivity contribution >= 4 is 5.57 Å². The molecule has 0 N–H and O–H groups in total. The van der Waals surface area contributed by atoms with E-state index in [1.807, 2.05) is 6.07 Å². The Labute approximate surface area is 81.2 Å². The standard InChI is InChI=1S/C11H8FNO/c12-9-1-2-11-10(7-9)8(3-5-13)4-6-14-11/h1-3,7H,4,6H2/b8-3-. The number of rotatable bonds is 0. The van der Waals surface area contributed by atoms with E-state index in [4.69, 9.17) is 10.00 Å². The van der Waals surface area contributed by atoms with Gasteiger partial charge in [-0.1, -0.05) is 0 Å². The van der Waals surface area contributed by atoms with Crippen LogP contribution in [0.25, 0.3) is 5.57 Å². The summed E-state index contributed by atoms with van der Waals surface area (Å²) in [5.41, 5.74) is 1.53. The van der Waals surface area contributed by atoms with E-state index < -0.39 is 0 Å². The number of ether oxygens (including phenoxy) is 1. The first kappa shape index (κ1) is 8.76. The third-order valence-electron chi connectivity index (χ3n) is 2.16. The molecule has 0 unspecified atom stereocenters. The second-order valence-corrected chi connectivity index (χ2v) is 3.04. The molecule has 0 spiro atoms. The van der Waals surface area contributed by atoms with Crippen LogP contribution in [0.2, 0.25) is 0 Å². The topological polar surface area (TPSA) is 33.0 Å². The molecule has 0 saturated carbocycles. The van der Waals surface area contributed by atoms with Crippen LogP contribution in [0.3, 0.4) is 0 Å². The molecule has 3 heteroatoms. The minimum Gasteiger partial charge on any atom is -0.493 e. The maximum Gasteiger partial charge on any atom is 0.127 e. The predicted octanol–water partition coefficient (Wildman–Crippen LogP) is 2.52. The highest BCUT2D eigenvalue weighted by Gasteiger charge is 2.15. The highest BCUT2D eigenvalue weighted by atomic mass is 19.1. The molecule has 1 aromatic carbocycles. The second-order valence-electron chi connectivity index (χ2n) is 3.04. The summed E-state index contributed by atoms with van der Waals surface area (Å²) in [6.07, 6.45) is 2.10. The van der Waals surface area contributed by atoms with Crippen molar-refractivity contribution in [1.29, 1.82) is 5.26 Å². The Kier molecular flexibility index (Phi) is 2.19. The molecule has 2 nitrogen and oxygen atoms in total. The molecule has 0 saturated heterocycles. The van der Waals surface area contributed by atoms with E-state index in [1.54, 1.807) is 6.07 Å². The van der Waals surface area contributed by atoms with E-state index in [0.29, 0.717) is 24.3 Å². The number of benzene rings is 1. The number of hydrogen-bond acceptors (Lipinski definition) is 2. The van der Waals surface area contributed by atoms with Gasteiger partial charge in [0.25, 0.3) is 0 Å². The Morgan fingerprint density at radius 1 is 1.50 bits per heavy atom. The first-order valence-electron chi connectivity index (χ1n) is 4.32. The van der Waals surface area contributed by atoms with Crippen LogP contribution >= 0.6 is 0 Å². The van der Waals surface area contributed by atoms with Crippen molar-refractivity contribution in [3.63, 3.8) is 0 Å². The number of hydrogen-bond donors (Lipinski definition) is 0. The zero-order valence-corrected chi connectivity index (χ0v) is 7.46. The molecule has 0 atom stereocenters. The molecular formula is C11H8FNO. The van der Waals surface area contributed by atoms with Gasteiger partial charge in [0.05, 0.1) is 12.7 Å². The molecule has 0 fully saturated rings. The minimum atomic E-state index is -0.307. The summed E-state index contributed by atoms with van der Waals surface area (Å²) in [7, 11) is 0. The number of fused-ring (bicyclic) bond motifs is 1. The molecule has 0 aromatic heterocycles. The van der Waals surface area contributed by atoms with E-state index in [9.17, 15) is 4.39 Å². The van der Waals surface area contributed by atoms with Gasteiger partial charge in [-0.05, 0) is 23.8 Å². The lowest BCUT2D eigenvalue weighted by Gasteiger charge is -2.19. The van der Waals surface area contributed by atoms with Crippen molar-refractivity contribution in [2.24, 2.45) is 0 Å². The summed E-state index contributed by atoms with van der Waals surface area (Å²) in [6, 6.07) is 6.31. The average molecular weight is 189 g/mol. The molecule has 1 aliphatic heterocycles. The highest BCUT2D eigenvalue weighted by Crippen LogP contribution is 2.32. The van der Waals surface area contributed by atoms with Crippen molar-refractivity contribution in [3.8, 4) is 11.8 Å². The van der Waals surface area contributed by atoms with Gasteiger partial charge in [0.15, 0.2) is 0 Å². The summed E-state index contributed by atoms with van der Waals surface area (Å²) < 4.78 is 18.3. The predicted molar refractivity (Wildman–Crippen MR) is 50.1 cm³/mol. The van der Waals surface area contributed by atoms with Gasteiger partial charge in [0.1, 0.15) is 11.6 Å². The normalized spacial score (nSPS) is 17.0. The van der Waals surface area contributed by atoms with Crippen molar-refractivity contribution in [2.45, 2.75) is 6.42 Å². The number of nitrogens with zero attached hydrogens (tertiary/aromatic N) is 1. The number of halogens is 1. The number of allylic oxidation sites excluding steroid dienone is 1. The molecule has 0 bridgehead atoms. The Morgan fingerprint density at radius 2 is 2.36 bits per heavy atom. The van der Waals surface area contributed by atoms with Crippen molar-refractivity contribution in [1.82, 2.24) is 0 Å². The van der Waals surface area contributed by atoms with Crippen molar-refractivity contribution in [2.75, 3.05) is 6.61 Å². The minimum absolute atomic E-state index is 0.307. The third-order valence-corrected chi connectivity index (χ3v) is 2.16. The Bertz CT molecular complexity index is 431.